The fourth-order valence-corrected chi connectivity index (χ4v) is 2.80. The molecule has 3 heteroatoms. The van der Waals surface area contributed by atoms with Crippen molar-refractivity contribution in [3.8, 4) is 0 Å². The zero-order valence-corrected chi connectivity index (χ0v) is 10.9. The molecule has 0 aromatic heterocycles. The van der Waals surface area contributed by atoms with Crippen LogP contribution in [-0.4, -0.2) is 48.8 Å². The lowest BCUT2D eigenvalue weighted by atomic mass is 9.88. The summed E-state index contributed by atoms with van der Waals surface area (Å²) in [5.74, 6) is 0. The lowest BCUT2D eigenvalue weighted by Crippen LogP contribution is -2.50. The molecule has 2 fully saturated rings. The number of ether oxygens (including phenoxy) is 1. The summed E-state index contributed by atoms with van der Waals surface area (Å²) in [6.45, 7) is 10.0. The molecule has 1 atom stereocenters. The largest absolute Gasteiger partial charge is 0.378 e. The lowest BCUT2D eigenvalue weighted by Gasteiger charge is -2.37. The molecule has 0 amide bonds. The van der Waals surface area contributed by atoms with Crippen molar-refractivity contribution in [2.24, 2.45) is 0 Å². The van der Waals surface area contributed by atoms with Crippen molar-refractivity contribution >= 4 is 0 Å². The van der Waals surface area contributed by atoms with Crippen molar-refractivity contribution in [2.45, 2.75) is 64.3 Å². The van der Waals surface area contributed by atoms with E-state index in [4.69, 9.17) is 4.74 Å². The van der Waals surface area contributed by atoms with Gasteiger partial charge in [-0.3, -0.25) is 4.90 Å². The highest BCUT2D eigenvalue weighted by Gasteiger charge is 2.33. The third kappa shape index (κ3) is 2.96. The molecule has 2 aliphatic rings. The second-order valence-electron chi connectivity index (χ2n) is 5.49. The fourth-order valence-electron chi connectivity index (χ4n) is 2.80. The molecule has 1 aliphatic heterocycles. The highest BCUT2D eigenvalue weighted by atomic mass is 16.5. The minimum Gasteiger partial charge on any atom is -0.378 e. The summed E-state index contributed by atoms with van der Waals surface area (Å²) in [7, 11) is 0. The minimum atomic E-state index is 0.533. The van der Waals surface area contributed by atoms with Gasteiger partial charge in [0.15, 0.2) is 0 Å². The van der Waals surface area contributed by atoms with Crippen molar-refractivity contribution in [2.75, 3.05) is 19.7 Å². The molecule has 1 unspecified atom stereocenters. The molecule has 1 aliphatic carbocycles. The zero-order valence-electron chi connectivity index (χ0n) is 10.9. The smallest absolute Gasteiger partial charge is 0.0604 e. The molecule has 0 aromatic carbocycles. The number of nitrogens with zero attached hydrogens (tertiary/aromatic N) is 1. The number of likely N-dealkylation sites (tertiary alicyclic amines) is 1. The average Bonchev–Trinajstić information content (AvgIpc) is 2.63. The summed E-state index contributed by atoms with van der Waals surface area (Å²) >= 11 is 0. The number of nitrogens with one attached hydrogen (secondary N) is 1. The second kappa shape index (κ2) is 5.48. The molecule has 16 heavy (non-hydrogen) atoms. The van der Waals surface area contributed by atoms with Gasteiger partial charge in [0.05, 0.1) is 6.10 Å². The van der Waals surface area contributed by atoms with E-state index in [0.29, 0.717) is 18.2 Å². The maximum atomic E-state index is 5.58. The molecule has 1 N–H and O–H groups in total. The van der Waals surface area contributed by atoms with E-state index in [1.165, 1.54) is 32.4 Å². The van der Waals surface area contributed by atoms with E-state index in [-0.39, 0.29) is 0 Å². The predicted molar refractivity (Wildman–Crippen MR) is 66.7 cm³/mol. The Morgan fingerprint density at radius 2 is 2.06 bits per heavy atom. The number of hydrogen-bond acceptors (Lipinski definition) is 3. The third-order valence-electron chi connectivity index (χ3n) is 3.92. The van der Waals surface area contributed by atoms with E-state index in [9.17, 15) is 0 Å². The Hall–Kier alpha value is -0.120. The average molecular weight is 226 g/mol. The highest BCUT2D eigenvalue weighted by molar-refractivity contribution is 4.91. The Labute approximate surface area is 99.5 Å². The molecule has 0 radical (unpaired) electrons. The molecular formula is C13H26N2O. The normalized spacial score (nSPS) is 35.6. The van der Waals surface area contributed by atoms with Crippen molar-refractivity contribution < 1.29 is 4.74 Å². The predicted octanol–water partition coefficient (Wildman–Crippen LogP) is 1.63. The summed E-state index contributed by atoms with van der Waals surface area (Å²) in [6.07, 6.45) is 4.27. The fraction of sp³-hybridized carbons (Fsp3) is 1.00. The van der Waals surface area contributed by atoms with Crippen molar-refractivity contribution in [3.63, 3.8) is 0 Å². The van der Waals surface area contributed by atoms with Crippen LogP contribution in [0.1, 0.15) is 40.0 Å². The van der Waals surface area contributed by atoms with Gasteiger partial charge in [-0.2, -0.15) is 0 Å². The number of rotatable bonds is 5. The zero-order chi connectivity index (χ0) is 11.5. The monoisotopic (exact) mass is 226 g/mol. The summed E-state index contributed by atoms with van der Waals surface area (Å²) in [4.78, 5) is 2.57. The van der Waals surface area contributed by atoms with Gasteiger partial charge in [0.2, 0.25) is 0 Å². The van der Waals surface area contributed by atoms with Crippen LogP contribution in [0.15, 0.2) is 0 Å². The third-order valence-corrected chi connectivity index (χ3v) is 3.92. The Bertz CT molecular complexity index is 214. The van der Waals surface area contributed by atoms with Crippen molar-refractivity contribution in [3.05, 3.63) is 0 Å². The minimum absolute atomic E-state index is 0.533. The standard InChI is InChI=1S/C13H26N2O/c1-4-16-13-7-12(8-13)14-11-5-6-15(9-11)10(2)3/h10-14H,4-9H2,1-3H3. The molecule has 94 valence electrons. The molecule has 2 rings (SSSR count). The summed E-state index contributed by atoms with van der Waals surface area (Å²) in [5, 5.41) is 3.77. The van der Waals surface area contributed by atoms with Gasteiger partial charge in [-0.1, -0.05) is 0 Å². The molecule has 0 aromatic rings. The molecule has 0 bridgehead atoms. The van der Waals surface area contributed by atoms with E-state index in [1.807, 2.05) is 0 Å². The lowest BCUT2D eigenvalue weighted by molar-refractivity contribution is -0.0122. The van der Waals surface area contributed by atoms with Crippen LogP contribution in [-0.2, 0) is 4.74 Å². The molecule has 1 saturated carbocycles. The quantitative estimate of drug-likeness (QED) is 0.771. The topological polar surface area (TPSA) is 24.5 Å². The molecule has 1 saturated heterocycles. The molecule has 0 spiro atoms. The summed E-state index contributed by atoms with van der Waals surface area (Å²) in [5.41, 5.74) is 0. The highest BCUT2D eigenvalue weighted by Crippen LogP contribution is 2.25. The van der Waals surface area contributed by atoms with E-state index in [2.05, 4.69) is 31.0 Å². The van der Waals surface area contributed by atoms with Gasteiger partial charge in [0, 0.05) is 31.3 Å². The summed E-state index contributed by atoms with van der Waals surface area (Å²) in [6, 6.07) is 2.13. The van der Waals surface area contributed by atoms with E-state index in [1.54, 1.807) is 0 Å². The van der Waals surface area contributed by atoms with Crippen LogP contribution in [0, 0.1) is 0 Å². The van der Waals surface area contributed by atoms with Gasteiger partial charge in [0.1, 0.15) is 0 Å². The van der Waals surface area contributed by atoms with Crippen LogP contribution in [0.25, 0.3) is 0 Å². The van der Waals surface area contributed by atoms with Crippen molar-refractivity contribution in [1.29, 1.82) is 0 Å². The Morgan fingerprint density at radius 3 is 2.62 bits per heavy atom. The van der Waals surface area contributed by atoms with Crippen LogP contribution >= 0.6 is 0 Å². The first-order chi connectivity index (χ1) is 7.69. The van der Waals surface area contributed by atoms with Gasteiger partial charge in [-0.15, -0.1) is 0 Å². The molecule has 3 nitrogen and oxygen atoms in total. The van der Waals surface area contributed by atoms with Crippen LogP contribution in [0.2, 0.25) is 0 Å². The van der Waals surface area contributed by atoms with Crippen LogP contribution < -0.4 is 5.32 Å². The van der Waals surface area contributed by atoms with E-state index in [0.717, 1.165) is 12.6 Å². The Kier molecular flexibility index (Phi) is 4.22. The van der Waals surface area contributed by atoms with Gasteiger partial charge < -0.3 is 10.1 Å². The SMILES string of the molecule is CCOC1CC(NC2CCN(C(C)C)C2)C1. The summed E-state index contributed by atoms with van der Waals surface area (Å²) < 4.78 is 5.58. The van der Waals surface area contributed by atoms with Gasteiger partial charge in [0.25, 0.3) is 0 Å². The van der Waals surface area contributed by atoms with Crippen molar-refractivity contribution in [1.82, 2.24) is 10.2 Å². The van der Waals surface area contributed by atoms with Gasteiger partial charge in [-0.25, -0.2) is 0 Å². The maximum absolute atomic E-state index is 5.58. The van der Waals surface area contributed by atoms with E-state index >= 15 is 0 Å². The first-order valence-electron chi connectivity index (χ1n) is 6.80. The first-order valence-corrected chi connectivity index (χ1v) is 6.80. The molecule has 1 heterocycles. The van der Waals surface area contributed by atoms with Gasteiger partial charge >= 0.3 is 0 Å². The Balaban J connectivity index is 1.62. The van der Waals surface area contributed by atoms with Gasteiger partial charge in [-0.05, 0) is 46.6 Å². The van der Waals surface area contributed by atoms with Crippen LogP contribution in [0.4, 0.5) is 0 Å². The van der Waals surface area contributed by atoms with Crippen LogP contribution in [0.3, 0.4) is 0 Å². The maximum Gasteiger partial charge on any atom is 0.0604 e. The van der Waals surface area contributed by atoms with Crippen LogP contribution in [0.5, 0.6) is 0 Å². The Morgan fingerprint density at radius 1 is 1.31 bits per heavy atom. The number of hydrogen-bond donors (Lipinski definition) is 1. The second-order valence-corrected chi connectivity index (χ2v) is 5.49. The van der Waals surface area contributed by atoms with E-state index < -0.39 is 0 Å². The first kappa shape index (κ1) is 12.3. The molecular weight excluding hydrogens is 200 g/mol.